The lowest BCUT2D eigenvalue weighted by molar-refractivity contribution is 0.245. The van der Waals surface area contributed by atoms with Crippen LogP contribution in [-0.2, 0) is 16.6 Å². The molecule has 0 bridgehead atoms. The Kier molecular flexibility index (Phi) is 3.74. The molecule has 3 aromatic rings. The molecule has 0 fully saturated rings. The van der Waals surface area contributed by atoms with Gasteiger partial charge in [0.05, 0.1) is 21.4 Å². The molecule has 0 aliphatic rings. The molecule has 9 heteroatoms. The number of halogens is 1. The molecule has 1 aromatic carbocycles. The quantitative estimate of drug-likeness (QED) is 0.716. The first-order valence-electron chi connectivity index (χ1n) is 5.75. The first kappa shape index (κ1) is 14.5. The molecule has 2 N–H and O–H groups in total. The van der Waals surface area contributed by atoms with E-state index in [0.717, 1.165) is 10.2 Å². The third-order valence-electron chi connectivity index (χ3n) is 2.74. The molecule has 0 saturated heterocycles. The van der Waals surface area contributed by atoms with Crippen molar-refractivity contribution in [2.24, 2.45) is 0 Å². The lowest BCUT2D eigenvalue weighted by Gasteiger charge is -2.06. The Morgan fingerprint density at radius 3 is 2.90 bits per heavy atom. The molecular weight excluding hydrogens is 380 g/mol. The first-order valence-corrected chi connectivity index (χ1v) is 8.90. The number of furan rings is 1. The Hall–Kier alpha value is -1.42. The van der Waals surface area contributed by atoms with Crippen LogP contribution in [0.15, 0.2) is 43.8 Å². The monoisotopic (exact) mass is 388 g/mol. The van der Waals surface area contributed by atoms with Gasteiger partial charge in [0, 0.05) is 6.07 Å². The Morgan fingerprint density at radius 1 is 1.38 bits per heavy atom. The first-order chi connectivity index (χ1) is 9.99. The summed E-state index contributed by atoms with van der Waals surface area (Å²) in [7, 11) is -3.80. The molecule has 0 atom stereocenters. The van der Waals surface area contributed by atoms with Gasteiger partial charge in [0.15, 0.2) is 4.67 Å². The average molecular weight is 389 g/mol. The van der Waals surface area contributed by atoms with Crippen LogP contribution in [0.3, 0.4) is 0 Å². The Bertz CT molecular complexity index is 901. The Labute approximate surface area is 132 Å². The number of aliphatic hydroxyl groups is 1. The number of aliphatic hydroxyl groups excluding tert-OH is 1. The average Bonchev–Trinajstić information content (AvgIpc) is 3.04. The van der Waals surface area contributed by atoms with E-state index >= 15 is 0 Å². The normalized spacial score (nSPS) is 11.9. The summed E-state index contributed by atoms with van der Waals surface area (Å²) in [6, 6.07) is 6.37. The SMILES string of the molecule is O=S(=O)(Nc1ccc2ncsc2c1)c1cc(CO)oc1Br. The van der Waals surface area contributed by atoms with Crippen LogP contribution in [0.4, 0.5) is 5.69 Å². The zero-order valence-corrected chi connectivity index (χ0v) is 13.6. The van der Waals surface area contributed by atoms with Gasteiger partial charge in [-0.1, -0.05) is 0 Å². The minimum atomic E-state index is -3.80. The number of hydrogen-bond donors (Lipinski definition) is 2. The van der Waals surface area contributed by atoms with Crippen LogP contribution in [-0.4, -0.2) is 18.5 Å². The fourth-order valence-corrected chi connectivity index (χ4v) is 4.55. The van der Waals surface area contributed by atoms with Crippen LogP contribution < -0.4 is 4.72 Å². The molecule has 0 radical (unpaired) electrons. The van der Waals surface area contributed by atoms with E-state index in [4.69, 9.17) is 9.52 Å². The van der Waals surface area contributed by atoms with E-state index in [0.29, 0.717) is 5.69 Å². The number of aromatic nitrogens is 1. The van der Waals surface area contributed by atoms with Crippen LogP contribution in [0.25, 0.3) is 10.2 Å². The summed E-state index contributed by atoms with van der Waals surface area (Å²) in [6.45, 7) is -0.374. The van der Waals surface area contributed by atoms with Crippen LogP contribution in [0.2, 0.25) is 0 Å². The van der Waals surface area contributed by atoms with Crippen LogP contribution in [0.5, 0.6) is 0 Å². The van der Waals surface area contributed by atoms with Crippen molar-refractivity contribution < 1.29 is 17.9 Å². The minimum Gasteiger partial charge on any atom is -0.450 e. The topological polar surface area (TPSA) is 92.4 Å². The zero-order chi connectivity index (χ0) is 15.0. The van der Waals surface area contributed by atoms with E-state index < -0.39 is 10.0 Å². The van der Waals surface area contributed by atoms with Gasteiger partial charge in [-0.2, -0.15) is 0 Å². The van der Waals surface area contributed by atoms with Crippen molar-refractivity contribution in [2.75, 3.05) is 4.72 Å². The van der Waals surface area contributed by atoms with E-state index in [1.807, 2.05) is 0 Å². The molecule has 2 heterocycles. The number of rotatable bonds is 4. The summed E-state index contributed by atoms with van der Waals surface area (Å²) >= 11 is 4.46. The van der Waals surface area contributed by atoms with Gasteiger partial charge >= 0.3 is 0 Å². The van der Waals surface area contributed by atoms with Crippen LogP contribution in [0.1, 0.15) is 5.76 Å². The van der Waals surface area contributed by atoms with Crippen molar-refractivity contribution in [3.63, 3.8) is 0 Å². The number of fused-ring (bicyclic) bond motifs is 1. The molecule has 0 spiro atoms. The highest BCUT2D eigenvalue weighted by Crippen LogP contribution is 2.29. The lowest BCUT2D eigenvalue weighted by Crippen LogP contribution is -2.12. The largest absolute Gasteiger partial charge is 0.450 e. The van der Waals surface area contributed by atoms with E-state index in [-0.39, 0.29) is 21.9 Å². The zero-order valence-electron chi connectivity index (χ0n) is 10.4. The van der Waals surface area contributed by atoms with E-state index in [1.165, 1.54) is 17.4 Å². The molecular formula is C12H9BrN2O4S2. The smallest absolute Gasteiger partial charge is 0.266 e. The van der Waals surface area contributed by atoms with Crippen LogP contribution >= 0.6 is 27.3 Å². The molecule has 3 rings (SSSR count). The predicted molar refractivity (Wildman–Crippen MR) is 82.8 cm³/mol. The maximum atomic E-state index is 12.3. The molecule has 110 valence electrons. The van der Waals surface area contributed by atoms with Crippen LogP contribution in [0, 0.1) is 0 Å². The Morgan fingerprint density at radius 2 is 2.19 bits per heavy atom. The molecule has 6 nitrogen and oxygen atoms in total. The molecule has 0 aliphatic carbocycles. The maximum Gasteiger partial charge on any atom is 0.266 e. The van der Waals surface area contributed by atoms with E-state index in [1.54, 1.807) is 23.7 Å². The molecule has 0 unspecified atom stereocenters. The summed E-state index contributed by atoms with van der Waals surface area (Å²) < 4.78 is 33.2. The van der Waals surface area contributed by atoms with Gasteiger partial charge in [-0.05, 0) is 34.1 Å². The minimum absolute atomic E-state index is 0.0536. The second-order valence-electron chi connectivity index (χ2n) is 4.15. The van der Waals surface area contributed by atoms with Gasteiger partial charge in [-0.15, -0.1) is 11.3 Å². The third-order valence-corrected chi connectivity index (χ3v) is 5.77. The fraction of sp³-hybridized carbons (Fsp3) is 0.0833. The second kappa shape index (κ2) is 5.41. The van der Waals surface area contributed by atoms with Gasteiger partial charge < -0.3 is 9.52 Å². The number of sulfonamides is 1. The van der Waals surface area contributed by atoms with Gasteiger partial charge in [0.1, 0.15) is 17.3 Å². The van der Waals surface area contributed by atoms with Crippen molar-refractivity contribution >= 4 is 53.2 Å². The van der Waals surface area contributed by atoms with E-state index in [2.05, 4.69) is 25.6 Å². The number of nitrogens with zero attached hydrogens (tertiary/aromatic N) is 1. The van der Waals surface area contributed by atoms with Crippen molar-refractivity contribution in [3.8, 4) is 0 Å². The van der Waals surface area contributed by atoms with Crippen molar-refractivity contribution in [1.82, 2.24) is 4.98 Å². The van der Waals surface area contributed by atoms with Gasteiger partial charge in [-0.25, -0.2) is 13.4 Å². The summed E-state index contributed by atoms with van der Waals surface area (Å²) in [5.41, 5.74) is 2.95. The number of hydrogen-bond acceptors (Lipinski definition) is 6. The lowest BCUT2D eigenvalue weighted by atomic mass is 10.3. The molecule has 0 amide bonds. The summed E-state index contributed by atoms with van der Waals surface area (Å²) in [5, 5.41) is 8.99. The summed E-state index contributed by atoms with van der Waals surface area (Å²) in [6.07, 6.45) is 0. The van der Waals surface area contributed by atoms with Gasteiger partial charge in [0.25, 0.3) is 10.0 Å². The summed E-state index contributed by atoms with van der Waals surface area (Å²) in [4.78, 5) is 4.07. The number of benzene rings is 1. The fourth-order valence-electron chi connectivity index (χ4n) is 1.79. The van der Waals surface area contributed by atoms with Crippen molar-refractivity contribution in [3.05, 3.63) is 40.2 Å². The Balaban J connectivity index is 1.96. The highest BCUT2D eigenvalue weighted by molar-refractivity contribution is 9.10. The number of nitrogens with one attached hydrogen (secondary N) is 1. The van der Waals surface area contributed by atoms with Crippen molar-refractivity contribution in [2.45, 2.75) is 11.5 Å². The maximum absolute atomic E-state index is 12.3. The highest BCUT2D eigenvalue weighted by atomic mass is 79.9. The number of anilines is 1. The third kappa shape index (κ3) is 2.82. The highest BCUT2D eigenvalue weighted by Gasteiger charge is 2.22. The van der Waals surface area contributed by atoms with Crippen molar-refractivity contribution in [1.29, 1.82) is 0 Å². The second-order valence-corrected chi connectivity index (χ2v) is 7.41. The summed E-state index contributed by atoms with van der Waals surface area (Å²) in [5.74, 6) is 0.167. The standard InChI is InChI=1S/C12H9BrN2O4S2/c13-12-11(4-8(5-16)19-12)21(17,18)15-7-1-2-9-10(3-7)20-6-14-9/h1-4,6,15-16H,5H2. The predicted octanol–water partition coefficient (Wildman–Crippen LogP) is 2.94. The molecule has 0 aliphatic heterocycles. The van der Waals surface area contributed by atoms with E-state index in [9.17, 15) is 8.42 Å². The van der Waals surface area contributed by atoms with Gasteiger partial charge in [0.2, 0.25) is 0 Å². The van der Waals surface area contributed by atoms with Gasteiger partial charge in [-0.3, -0.25) is 4.72 Å². The molecule has 0 saturated carbocycles. The molecule has 21 heavy (non-hydrogen) atoms. The molecule has 2 aromatic heterocycles. The number of thiazole rings is 1.